The van der Waals surface area contributed by atoms with Crippen LogP contribution in [0.2, 0.25) is 0 Å². The van der Waals surface area contributed by atoms with Crippen molar-refractivity contribution in [1.29, 1.82) is 0 Å². The van der Waals surface area contributed by atoms with Gasteiger partial charge < -0.3 is 11.1 Å². The summed E-state index contributed by atoms with van der Waals surface area (Å²) in [6, 6.07) is -0.470. The first-order chi connectivity index (χ1) is 7.41. The molecule has 3 N–H and O–H groups in total. The molecule has 0 aliphatic heterocycles. The van der Waals surface area contributed by atoms with Gasteiger partial charge in [0.25, 0.3) is 0 Å². The summed E-state index contributed by atoms with van der Waals surface area (Å²) < 4.78 is 0. The zero-order valence-electron chi connectivity index (χ0n) is 10.8. The molecule has 1 amide bonds. The predicted octanol–water partition coefficient (Wildman–Crippen LogP) is 2.02. The van der Waals surface area contributed by atoms with E-state index in [1.54, 1.807) is 16.8 Å². The fourth-order valence-corrected chi connectivity index (χ4v) is 1.77. The minimum absolute atomic E-state index is 0. The summed E-state index contributed by atoms with van der Waals surface area (Å²) in [5, 5.41) is 4.81. The van der Waals surface area contributed by atoms with Crippen LogP contribution in [0.4, 0.5) is 0 Å². The fraction of sp³-hybridized carbons (Fsp3) is 0.636. The van der Waals surface area contributed by atoms with Gasteiger partial charge in [-0.1, -0.05) is 20.8 Å². The number of rotatable bonds is 4. The van der Waals surface area contributed by atoms with Gasteiger partial charge in [-0.3, -0.25) is 4.79 Å². The van der Waals surface area contributed by atoms with Crippen molar-refractivity contribution in [2.75, 3.05) is 6.54 Å². The van der Waals surface area contributed by atoms with E-state index in [1.165, 1.54) is 0 Å². The third-order valence-electron chi connectivity index (χ3n) is 2.38. The predicted molar refractivity (Wildman–Crippen MR) is 80.8 cm³/mol. The van der Waals surface area contributed by atoms with Crippen molar-refractivity contribution in [3.8, 4) is 0 Å². The minimum Gasteiger partial charge on any atom is -0.354 e. The summed E-state index contributed by atoms with van der Waals surface area (Å²) in [5.74, 6) is -0.0947. The molecule has 0 fully saturated rings. The zero-order chi connectivity index (χ0) is 12.2. The van der Waals surface area contributed by atoms with Crippen LogP contribution in [0.15, 0.2) is 10.9 Å². The van der Waals surface area contributed by atoms with Crippen molar-refractivity contribution in [2.45, 2.75) is 33.2 Å². The van der Waals surface area contributed by atoms with E-state index in [2.05, 4.69) is 10.3 Å². The summed E-state index contributed by atoms with van der Waals surface area (Å²) in [4.78, 5) is 15.8. The fourth-order valence-electron chi connectivity index (χ4n) is 1.18. The summed E-state index contributed by atoms with van der Waals surface area (Å²) in [5.41, 5.74) is 8.42. The van der Waals surface area contributed by atoms with Gasteiger partial charge in [-0.15, -0.1) is 36.2 Å². The summed E-state index contributed by atoms with van der Waals surface area (Å²) in [6.45, 7) is 6.46. The van der Waals surface area contributed by atoms with Gasteiger partial charge in [-0.25, -0.2) is 4.98 Å². The van der Waals surface area contributed by atoms with Crippen molar-refractivity contribution in [2.24, 2.45) is 11.1 Å². The number of hydrogen-bond donors (Lipinski definition) is 2. The number of thiazole rings is 1. The second-order valence-corrected chi connectivity index (χ2v) is 5.58. The Labute approximate surface area is 125 Å². The van der Waals surface area contributed by atoms with Crippen LogP contribution in [-0.2, 0) is 11.2 Å². The molecule has 1 rings (SSSR count). The Bertz CT molecular complexity index is 339. The number of aromatic nitrogens is 1. The van der Waals surface area contributed by atoms with Crippen LogP contribution in [0, 0.1) is 5.41 Å². The zero-order valence-corrected chi connectivity index (χ0v) is 13.3. The molecule has 1 aromatic heterocycles. The maximum Gasteiger partial charge on any atom is 0.237 e. The molecule has 0 spiro atoms. The van der Waals surface area contributed by atoms with Gasteiger partial charge in [-0.05, 0) is 5.41 Å². The molecule has 1 atom stereocenters. The molecule has 18 heavy (non-hydrogen) atoms. The Morgan fingerprint density at radius 1 is 1.50 bits per heavy atom. The van der Waals surface area contributed by atoms with E-state index in [4.69, 9.17) is 5.73 Å². The molecule has 0 saturated carbocycles. The number of nitrogens with zero attached hydrogens (tertiary/aromatic N) is 1. The molecule has 4 nitrogen and oxygen atoms in total. The van der Waals surface area contributed by atoms with E-state index in [0.717, 1.165) is 12.1 Å². The average Bonchev–Trinajstić information content (AvgIpc) is 2.67. The van der Waals surface area contributed by atoms with Crippen molar-refractivity contribution in [1.82, 2.24) is 10.3 Å². The van der Waals surface area contributed by atoms with E-state index in [1.807, 2.05) is 26.2 Å². The Hall–Kier alpha value is -0.360. The maximum absolute atomic E-state index is 11.7. The molecule has 0 aliphatic rings. The molecule has 0 aromatic carbocycles. The van der Waals surface area contributed by atoms with Gasteiger partial charge in [0, 0.05) is 18.3 Å². The molecule has 0 saturated heterocycles. The Morgan fingerprint density at radius 2 is 2.11 bits per heavy atom. The van der Waals surface area contributed by atoms with Crippen LogP contribution < -0.4 is 11.1 Å². The van der Waals surface area contributed by atoms with Gasteiger partial charge in [0.15, 0.2) is 0 Å². The first-order valence-electron chi connectivity index (χ1n) is 5.31. The van der Waals surface area contributed by atoms with Crippen LogP contribution >= 0.6 is 36.2 Å². The number of halogens is 2. The highest BCUT2D eigenvalue weighted by atomic mass is 35.5. The third-order valence-corrected chi connectivity index (χ3v) is 3.01. The SMILES string of the molecule is CC(C)(C)[C@H](N)C(=O)NCCc1cscn1.Cl.Cl. The highest BCUT2D eigenvalue weighted by Gasteiger charge is 2.26. The van der Waals surface area contributed by atoms with Crippen LogP contribution in [0.5, 0.6) is 0 Å². The van der Waals surface area contributed by atoms with Crippen molar-refractivity contribution in [3.63, 3.8) is 0 Å². The molecular formula is C11H21Cl2N3OS. The molecular weight excluding hydrogens is 293 g/mol. The summed E-state index contributed by atoms with van der Waals surface area (Å²) in [6.07, 6.45) is 0.756. The van der Waals surface area contributed by atoms with Gasteiger partial charge in [0.1, 0.15) is 0 Å². The number of carbonyl (C=O) groups is 1. The summed E-state index contributed by atoms with van der Waals surface area (Å²) >= 11 is 1.56. The topological polar surface area (TPSA) is 68.0 Å². The van der Waals surface area contributed by atoms with E-state index in [9.17, 15) is 4.79 Å². The second kappa shape index (κ2) is 8.69. The van der Waals surface area contributed by atoms with Crippen LogP contribution in [-0.4, -0.2) is 23.5 Å². The van der Waals surface area contributed by atoms with Gasteiger partial charge >= 0.3 is 0 Å². The highest BCUT2D eigenvalue weighted by molar-refractivity contribution is 7.07. The molecule has 7 heteroatoms. The van der Waals surface area contributed by atoms with Crippen LogP contribution in [0.3, 0.4) is 0 Å². The van der Waals surface area contributed by atoms with Crippen LogP contribution in [0.25, 0.3) is 0 Å². The molecule has 0 bridgehead atoms. The normalized spacial score (nSPS) is 12.0. The minimum atomic E-state index is -0.470. The standard InChI is InChI=1S/C11H19N3OS.2ClH/c1-11(2,3)9(12)10(15)13-5-4-8-6-16-7-14-8;;/h6-7,9H,4-5,12H2,1-3H3,(H,13,15);2*1H/t9-;;/m1../s1. The lowest BCUT2D eigenvalue weighted by Gasteiger charge is -2.25. The first-order valence-corrected chi connectivity index (χ1v) is 6.26. The molecule has 106 valence electrons. The third kappa shape index (κ3) is 6.54. The van der Waals surface area contributed by atoms with E-state index in [-0.39, 0.29) is 36.1 Å². The van der Waals surface area contributed by atoms with Gasteiger partial charge in [0.2, 0.25) is 5.91 Å². The number of nitrogens with one attached hydrogen (secondary N) is 1. The molecule has 0 unspecified atom stereocenters. The summed E-state index contributed by atoms with van der Waals surface area (Å²) in [7, 11) is 0. The van der Waals surface area contributed by atoms with Gasteiger partial charge in [-0.2, -0.15) is 0 Å². The van der Waals surface area contributed by atoms with Crippen LogP contribution in [0.1, 0.15) is 26.5 Å². The Balaban J connectivity index is 0. The Morgan fingerprint density at radius 3 is 2.56 bits per heavy atom. The molecule has 0 radical (unpaired) electrons. The lowest BCUT2D eigenvalue weighted by atomic mass is 9.87. The van der Waals surface area contributed by atoms with Crippen molar-refractivity contribution >= 4 is 42.1 Å². The van der Waals surface area contributed by atoms with E-state index >= 15 is 0 Å². The molecule has 0 aliphatic carbocycles. The van der Waals surface area contributed by atoms with Crippen molar-refractivity contribution < 1.29 is 4.79 Å². The first kappa shape index (κ1) is 20.0. The van der Waals surface area contributed by atoms with Crippen molar-refractivity contribution in [3.05, 3.63) is 16.6 Å². The molecule has 1 heterocycles. The smallest absolute Gasteiger partial charge is 0.237 e. The monoisotopic (exact) mass is 313 g/mol. The number of nitrogens with two attached hydrogens (primary N) is 1. The second-order valence-electron chi connectivity index (χ2n) is 4.86. The lowest BCUT2D eigenvalue weighted by molar-refractivity contribution is -0.124. The van der Waals surface area contributed by atoms with E-state index < -0.39 is 6.04 Å². The van der Waals surface area contributed by atoms with E-state index in [0.29, 0.717) is 6.54 Å². The molecule has 1 aromatic rings. The number of hydrogen-bond acceptors (Lipinski definition) is 4. The number of carbonyl (C=O) groups excluding carboxylic acids is 1. The average molecular weight is 314 g/mol. The quantitative estimate of drug-likeness (QED) is 0.893. The highest BCUT2D eigenvalue weighted by Crippen LogP contribution is 2.17. The maximum atomic E-state index is 11.7. The van der Waals surface area contributed by atoms with Gasteiger partial charge in [0.05, 0.1) is 17.2 Å². The largest absolute Gasteiger partial charge is 0.354 e. The Kier molecular flexibility index (Phi) is 9.64. The lowest BCUT2D eigenvalue weighted by Crippen LogP contribution is -2.49. The number of amides is 1.